The SMILES string of the molecule is CCc1cccc(C)c1NCc1cncn1CC. The summed E-state index contributed by atoms with van der Waals surface area (Å²) in [5.41, 5.74) is 5.17. The van der Waals surface area contributed by atoms with Gasteiger partial charge in [-0.2, -0.15) is 0 Å². The molecular formula is C15H21N3. The van der Waals surface area contributed by atoms with Crippen LogP contribution in [-0.4, -0.2) is 9.55 Å². The van der Waals surface area contributed by atoms with Gasteiger partial charge in [0.1, 0.15) is 0 Å². The maximum absolute atomic E-state index is 4.19. The fraction of sp³-hybridized carbons (Fsp3) is 0.400. The Morgan fingerprint density at radius 3 is 2.83 bits per heavy atom. The molecule has 0 saturated heterocycles. The second kappa shape index (κ2) is 5.71. The predicted molar refractivity (Wildman–Crippen MR) is 75.8 cm³/mol. The standard InChI is InChI=1S/C15H21N3/c1-4-13-8-6-7-12(3)15(13)17-10-14-9-16-11-18(14)5-2/h6-9,11,17H,4-5,10H2,1-3H3. The van der Waals surface area contributed by atoms with Crippen molar-refractivity contribution in [2.45, 2.75) is 40.3 Å². The van der Waals surface area contributed by atoms with E-state index in [0.717, 1.165) is 19.5 Å². The van der Waals surface area contributed by atoms with Crippen LogP contribution in [0, 0.1) is 6.92 Å². The lowest BCUT2D eigenvalue weighted by Crippen LogP contribution is -2.08. The van der Waals surface area contributed by atoms with Gasteiger partial charge in [0.25, 0.3) is 0 Å². The molecule has 0 fully saturated rings. The molecule has 96 valence electrons. The highest BCUT2D eigenvalue weighted by atomic mass is 15.1. The Labute approximate surface area is 109 Å². The fourth-order valence-corrected chi connectivity index (χ4v) is 2.24. The van der Waals surface area contributed by atoms with Gasteiger partial charge in [0, 0.05) is 18.4 Å². The Balaban J connectivity index is 2.15. The number of anilines is 1. The van der Waals surface area contributed by atoms with Gasteiger partial charge in [-0.25, -0.2) is 4.98 Å². The van der Waals surface area contributed by atoms with Crippen molar-refractivity contribution >= 4 is 5.69 Å². The van der Waals surface area contributed by atoms with Crippen LogP contribution in [-0.2, 0) is 19.5 Å². The Bertz CT molecular complexity index is 514. The number of imidazole rings is 1. The van der Waals surface area contributed by atoms with E-state index in [9.17, 15) is 0 Å². The number of nitrogens with one attached hydrogen (secondary N) is 1. The highest BCUT2D eigenvalue weighted by Crippen LogP contribution is 2.21. The van der Waals surface area contributed by atoms with Crippen LogP contribution in [0.2, 0.25) is 0 Å². The first kappa shape index (κ1) is 12.7. The first-order valence-corrected chi connectivity index (χ1v) is 6.57. The first-order chi connectivity index (χ1) is 8.76. The topological polar surface area (TPSA) is 29.9 Å². The lowest BCUT2D eigenvalue weighted by Gasteiger charge is -2.14. The lowest BCUT2D eigenvalue weighted by molar-refractivity contribution is 0.719. The lowest BCUT2D eigenvalue weighted by atomic mass is 10.1. The van der Waals surface area contributed by atoms with Crippen molar-refractivity contribution in [3.63, 3.8) is 0 Å². The second-order valence-corrected chi connectivity index (χ2v) is 4.49. The minimum Gasteiger partial charge on any atom is -0.379 e. The molecule has 0 saturated carbocycles. The van der Waals surface area contributed by atoms with Crippen molar-refractivity contribution in [3.8, 4) is 0 Å². The molecule has 1 aromatic heterocycles. The minimum atomic E-state index is 0.825. The molecule has 18 heavy (non-hydrogen) atoms. The Morgan fingerprint density at radius 1 is 1.28 bits per heavy atom. The van der Waals surface area contributed by atoms with Gasteiger partial charge >= 0.3 is 0 Å². The summed E-state index contributed by atoms with van der Waals surface area (Å²) in [5.74, 6) is 0. The second-order valence-electron chi connectivity index (χ2n) is 4.49. The van der Waals surface area contributed by atoms with Crippen LogP contribution in [0.15, 0.2) is 30.7 Å². The summed E-state index contributed by atoms with van der Waals surface area (Å²) in [7, 11) is 0. The molecule has 3 nitrogen and oxygen atoms in total. The van der Waals surface area contributed by atoms with E-state index in [1.165, 1.54) is 22.5 Å². The van der Waals surface area contributed by atoms with Gasteiger partial charge < -0.3 is 9.88 Å². The van der Waals surface area contributed by atoms with Crippen LogP contribution < -0.4 is 5.32 Å². The molecule has 0 spiro atoms. The van der Waals surface area contributed by atoms with Crippen LogP contribution in [0.5, 0.6) is 0 Å². The summed E-state index contributed by atoms with van der Waals surface area (Å²) >= 11 is 0. The number of aromatic nitrogens is 2. The van der Waals surface area contributed by atoms with E-state index in [2.05, 4.69) is 53.8 Å². The first-order valence-electron chi connectivity index (χ1n) is 6.57. The zero-order valence-corrected chi connectivity index (χ0v) is 11.4. The summed E-state index contributed by atoms with van der Waals surface area (Å²) in [6.07, 6.45) is 4.87. The molecule has 2 rings (SSSR count). The molecule has 0 aliphatic rings. The van der Waals surface area contributed by atoms with E-state index in [1.54, 1.807) is 0 Å². The minimum absolute atomic E-state index is 0.825. The molecule has 1 aromatic carbocycles. The molecule has 3 heteroatoms. The molecule has 0 bridgehead atoms. The van der Waals surface area contributed by atoms with Gasteiger partial charge in [0.2, 0.25) is 0 Å². The third-order valence-corrected chi connectivity index (χ3v) is 3.33. The van der Waals surface area contributed by atoms with Crippen molar-refractivity contribution in [2.24, 2.45) is 0 Å². The summed E-state index contributed by atoms with van der Waals surface area (Å²) in [6.45, 7) is 8.27. The van der Waals surface area contributed by atoms with Gasteiger partial charge in [-0.3, -0.25) is 0 Å². The molecule has 0 amide bonds. The van der Waals surface area contributed by atoms with Crippen LogP contribution in [0.1, 0.15) is 30.7 Å². The van der Waals surface area contributed by atoms with Crippen molar-refractivity contribution in [1.82, 2.24) is 9.55 Å². The molecular weight excluding hydrogens is 222 g/mol. The predicted octanol–water partition coefficient (Wildman–Crippen LogP) is 3.39. The van der Waals surface area contributed by atoms with Gasteiger partial charge in [0.15, 0.2) is 0 Å². The van der Waals surface area contributed by atoms with Crippen LogP contribution in [0.25, 0.3) is 0 Å². The third kappa shape index (κ3) is 2.55. The highest BCUT2D eigenvalue weighted by molar-refractivity contribution is 5.57. The summed E-state index contributed by atoms with van der Waals surface area (Å²) < 4.78 is 2.16. The van der Waals surface area contributed by atoms with Gasteiger partial charge in [-0.15, -0.1) is 0 Å². The van der Waals surface area contributed by atoms with Crippen molar-refractivity contribution in [3.05, 3.63) is 47.5 Å². The molecule has 1 heterocycles. The number of hydrogen-bond acceptors (Lipinski definition) is 2. The normalized spacial score (nSPS) is 10.6. The third-order valence-electron chi connectivity index (χ3n) is 3.33. The molecule has 1 N–H and O–H groups in total. The molecule has 0 radical (unpaired) electrons. The van der Waals surface area contributed by atoms with Gasteiger partial charge in [0.05, 0.1) is 18.6 Å². The highest BCUT2D eigenvalue weighted by Gasteiger charge is 2.05. The molecule has 0 atom stereocenters. The molecule has 0 unspecified atom stereocenters. The number of rotatable bonds is 5. The monoisotopic (exact) mass is 243 g/mol. The smallest absolute Gasteiger partial charge is 0.0948 e. The average Bonchev–Trinajstić information content (AvgIpc) is 2.84. The molecule has 0 aliphatic carbocycles. The quantitative estimate of drug-likeness (QED) is 0.872. The van der Waals surface area contributed by atoms with E-state index in [1.807, 2.05) is 12.5 Å². The maximum atomic E-state index is 4.19. The largest absolute Gasteiger partial charge is 0.379 e. The van der Waals surface area contributed by atoms with Crippen molar-refractivity contribution < 1.29 is 0 Å². The molecule has 2 aromatic rings. The summed E-state index contributed by atoms with van der Waals surface area (Å²) in [6, 6.07) is 6.46. The van der Waals surface area contributed by atoms with Crippen molar-refractivity contribution in [1.29, 1.82) is 0 Å². The average molecular weight is 243 g/mol. The van der Waals surface area contributed by atoms with E-state index in [4.69, 9.17) is 0 Å². The van der Waals surface area contributed by atoms with Gasteiger partial charge in [-0.1, -0.05) is 25.1 Å². The zero-order valence-electron chi connectivity index (χ0n) is 11.4. The van der Waals surface area contributed by atoms with Crippen molar-refractivity contribution in [2.75, 3.05) is 5.32 Å². The Hall–Kier alpha value is -1.77. The number of benzene rings is 1. The molecule has 0 aliphatic heterocycles. The van der Waals surface area contributed by atoms with E-state index < -0.39 is 0 Å². The van der Waals surface area contributed by atoms with Crippen LogP contribution in [0.3, 0.4) is 0 Å². The van der Waals surface area contributed by atoms with Crippen LogP contribution in [0.4, 0.5) is 5.69 Å². The van der Waals surface area contributed by atoms with Gasteiger partial charge in [-0.05, 0) is 31.4 Å². The maximum Gasteiger partial charge on any atom is 0.0948 e. The Kier molecular flexibility index (Phi) is 4.03. The number of hydrogen-bond donors (Lipinski definition) is 1. The zero-order chi connectivity index (χ0) is 13.0. The Morgan fingerprint density at radius 2 is 2.11 bits per heavy atom. The van der Waals surface area contributed by atoms with E-state index >= 15 is 0 Å². The number of nitrogens with zero attached hydrogens (tertiary/aromatic N) is 2. The van der Waals surface area contributed by atoms with Crippen LogP contribution >= 0.6 is 0 Å². The fourth-order valence-electron chi connectivity index (χ4n) is 2.24. The van der Waals surface area contributed by atoms with E-state index in [-0.39, 0.29) is 0 Å². The number of para-hydroxylation sites is 1. The summed E-state index contributed by atoms with van der Waals surface area (Å²) in [5, 5.41) is 3.55. The number of aryl methyl sites for hydroxylation is 3. The van der Waals surface area contributed by atoms with E-state index in [0.29, 0.717) is 0 Å². The summed E-state index contributed by atoms with van der Waals surface area (Å²) in [4.78, 5) is 4.19.